The highest BCUT2D eigenvalue weighted by Gasteiger charge is 2.41. The topological polar surface area (TPSA) is 46.5 Å². The molecule has 0 amide bonds. The molecule has 1 aliphatic rings. The summed E-state index contributed by atoms with van der Waals surface area (Å²) in [6.45, 7) is -1.01. The quantitative estimate of drug-likeness (QED) is 0.674. The SMILES string of the molecule is O=C(O)C(F)(F)COC1CC1. The van der Waals surface area contributed by atoms with Crippen LogP contribution in [-0.4, -0.2) is 29.7 Å². The van der Waals surface area contributed by atoms with Gasteiger partial charge in [0.25, 0.3) is 0 Å². The molecule has 1 aliphatic carbocycles. The summed E-state index contributed by atoms with van der Waals surface area (Å²) in [6.07, 6.45) is 1.38. The summed E-state index contributed by atoms with van der Waals surface area (Å²) in [5, 5.41) is 7.94. The van der Waals surface area contributed by atoms with Gasteiger partial charge in [-0.25, -0.2) is 4.79 Å². The summed E-state index contributed by atoms with van der Waals surface area (Å²) in [7, 11) is 0. The van der Waals surface area contributed by atoms with Crippen molar-refractivity contribution in [2.45, 2.75) is 24.9 Å². The first-order valence-electron chi connectivity index (χ1n) is 3.25. The molecule has 0 atom stereocenters. The number of aliphatic carboxylic acids is 1. The highest BCUT2D eigenvalue weighted by atomic mass is 19.3. The smallest absolute Gasteiger partial charge is 0.377 e. The fraction of sp³-hybridized carbons (Fsp3) is 0.833. The first-order chi connectivity index (χ1) is 5.02. The standard InChI is InChI=1S/C6H8F2O3/c7-6(8,5(9)10)3-11-4-1-2-4/h4H,1-3H2,(H,9,10). The van der Waals surface area contributed by atoms with Crippen LogP contribution in [0.5, 0.6) is 0 Å². The van der Waals surface area contributed by atoms with Crippen LogP contribution in [-0.2, 0) is 9.53 Å². The molecule has 0 radical (unpaired) electrons. The van der Waals surface area contributed by atoms with Crippen molar-refractivity contribution in [3.05, 3.63) is 0 Å². The lowest BCUT2D eigenvalue weighted by Crippen LogP contribution is -2.33. The summed E-state index contributed by atoms with van der Waals surface area (Å²) in [4.78, 5) is 9.82. The van der Waals surface area contributed by atoms with Crippen molar-refractivity contribution < 1.29 is 23.4 Å². The van der Waals surface area contributed by atoms with E-state index >= 15 is 0 Å². The van der Waals surface area contributed by atoms with Gasteiger partial charge in [-0.15, -0.1) is 0 Å². The number of alkyl halides is 2. The van der Waals surface area contributed by atoms with Gasteiger partial charge in [-0.05, 0) is 12.8 Å². The van der Waals surface area contributed by atoms with Gasteiger partial charge < -0.3 is 9.84 Å². The molecule has 0 aromatic carbocycles. The molecule has 5 heteroatoms. The molecular weight excluding hydrogens is 158 g/mol. The normalized spacial score (nSPS) is 18.4. The molecule has 64 valence electrons. The molecular formula is C6H8F2O3. The average Bonchev–Trinajstić information content (AvgIpc) is 2.65. The first kappa shape index (κ1) is 8.39. The van der Waals surface area contributed by atoms with Crippen LogP contribution in [0, 0.1) is 0 Å². The number of carbonyl (C=O) groups is 1. The maximum absolute atomic E-state index is 12.2. The van der Waals surface area contributed by atoms with Crippen LogP contribution in [0.25, 0.3) is 0 Å². The Hall–Kier alpha value is -0.710. The minimum Gasteiger partial charge on any atom is -0.477 e. The minimum atomic E-state index is -3.73. The van der Waals surface area contributed by atoms with E-state index < -0.39 is 18.5 Å². The fourth-order valence-electron chi connectivity index (χ4n) is 0.519. The number of halogens is 2. The Morgan fingerprint density at radius 3 is 2.55 bits per heavy atom. The highest BCUT2D eigenvalue weighted by Crippen LogP contribution is 2.26. The highest BCUT2D eigenvalue weighted by molar-refractivity contribution is 5.75. The predicted molar refractivity (Wildman–Crippen MR) is 31.6 cm³/mol. The lowest BCUT2D eigenvalue weighted by molar-refractivity contribution is -0.174. The maximum atomic E-state index is 12.2. The van der Waals surface area contributed by atoms with Gasteiger partial charge in [0.15, 0.2) is 0 Å². The van der Waals surface area contributed by atoms with Gasteiger partial charge in [-0.3, -0.25) is 0 Å². The zero-order valence-corrected chi connectivity index (χ0v) is 5.72. The van der Waals surface area contributed by atoms with Crippen molar-refractivity contribution in [1.82, 2.24) is 0 Å². The number of ether oxygens (including phenoxy) is 1. The Labute approximate surface area is 62.0 Å². The molecule has 1 N–H and O–H groups in total. The van der Waals surface area contributed by atoms with Crippen molar-refractivity contribution in [2.75, 3.05) is 6.61 Å². The van der Waals surface area contributed by atoms with Crippen LogP contribution in [0.3, 0.4) is 0 Å². The van der Waals surface area contributed by atoms with Gasteiger partial charge in [0, 0.05) is 0 Å². The molecule has 11 heavy (non-hydrogen) atoms. The van der Waals surface area contributed by atoms with E-state index in [4.69, 9.17) is 5.11 Å². The van der Waals surface area contributed by atoms with Gasteiger partial charge in [0.05, 0.1) is 6.10 Å². The summed E-state index contributed by atoms with van der Waals surface area (Å²) < 4.78 is 29.0. The Balaban J connectivity index is 2.26. The van der Waals surface area contributed by atoms with Crippen molar-refractivity contribution in [3.63, 3.8) is 0 Å². The summed E-state index contributed by atoms with van der Waals surface area (Å²) in [6, 6.07) is 0. The van der Waals surface area contributed by atoms with Gasteiger partial charge in [0.1, 0.15) is 6.61 Å². The number of hydrogen-bond acceptors (Lipinski definition) is 2. The molecule has 1 saturated carbocycles. The molecule has 0 saturated heterocycles. The second kappa shape index (κ2) is 2.73. The van der Waals surface area contributed by atoms with E-state index in [0.29, 0.717) is 0 Å². The molecule has 0 aliphatic heterocycles. The summed E-state index contributed by atoms with van der Waals surface area (Å²) in [5.74, 6) is -5.86. The molecule has 1 fully saturated rings. The van der Waals surface area contributed by atoms with Crippen LogP contribution < -0.4 is 0 Å². The zero-order chi connectivity index (χ0) is 8.48. The predicted octanol–water partition coefficient (Wildman–Crippen LogP) is 0.885. The third-order valence-electron chi connectivity index (χ3n) is 1.34. The molecule has 0 unspecified atom stereocenters. The van der Waals surface area contributed by atoms with Crippen molar-refractivity contribution in [2.24, 2.45) is 0 Å². The van der Waals surface area contributed by atoms with E-state index in [2.05, 4.69) is 4.74 Å². The monoisotopic (exact) mass is 166 g/mol. The van der Waals surface area contributed by atoms with Crippen LogP contribution in [0.2, 0.25) is 0 Å². The van der Waals surface area contributed by atoms with Crippen molar-refractivity contribution in [1.29, 1.82) is 0 Å². The van der Waals surface area contributed by atoms with Crippen LogP contribution >= 0.6 is 0 Å². The number of hydrogen-bond donors (Lipinski definition) is 1. The van der Waals surface area contributed by atoms with E-state index in [1.807, 2.05) is 0 Å². The molecule has 3 nitrogen and oxygen atoms in total. The number of carboxylic acid groups (broad SMARTS) is 1. The number of carboxylic acids is 1. The zero-order valence-electron chi connectivity index (χ0n) is 5.72. The Kier molecular flexibility index (Phi) is 2.08. The largest absolute Gasteiger partial charge is 0.477 e. The van der Waals surface area contributed by atoms with Crippen LogP contribution in [0.4, 0.5) is 8.78 Å². The molecule has 0 spiro atoms. The Bertz CT molecular complexity index is 165. The first-order valence-corrected chi connectivity index (χ1v) is 3.25. The lowest BCUT2D eigenvalue weighted by atomic mass is 10.4. The Morgan fingerprint density at radius 2 is 2.18 bits per heavy atom. The van der Waals surface area contributed by atoms with Crippen molar-refractivity contribution in [3.8, 4) is 0 Å². The fourth-order valence-corrected chi connectivity index (χ4v) is 0.519. The van der Waals surface area contributed by atoms with Crippen LogP contribution in [0.1, 0.15) is 12.8 Å². The third-order valence-corrected chi connectivity index (χ3v) is 1.34. The summed E-state index contributed by atoms with van der Waals surface area (Å²) >= 11 is 0. The van der Waals surface area contributed by atoms with Crippen molar-refractivity contribution >= 4 is 5.97 Å². The van der Waals surface area contributed by atoms with Gasteiger partial charge in [0.2, 0.25) is 0 Å². The second-order valence-electron chi connectivity index (χ2n) is 2.52. The Morgan fingerprint density at radius 1 is 1.64 bits per heavy atom. The maximum Gasteiger partial charge on any atom is 0.377 e. The molecule has 1 rings (SSSR count). The molecule has 0 aromatic rings. The van der Waals surface area contributed by atoms with Gasteiger partial charge in [-0.2, -0.15) is 8.78 Å². The van der Waals surface area contributed by atoms with E-state index in [1.165, 1.54) is 0 Å². The van der Waals surface area contributed by atoms with E-state index in [0.717, 1.165) is 12.8 Å². The van der Waals surface area contributed by atoms with E-state index in [9.17, 15) is 13.6 Å². The number of rotatable bonds is 4. The third kappa shape index (κ3) is 2.42. The van der Waals surface area contributed by atoms with Crippen LogP contribution in [0.15, 0.2) is 0 Å². The average molecular weight is 166 g/mol. The minimum absolute atomic E-state index is 0.139. The second-order valence-corrected chi connectivity index (χ2v) is 2.52. The van der Waals surface area contributed by atoms with E-state index in [1.54, 1.807) is 0 Å². The van der Waals surface area contributed by atoms with Gasteiger partial charge >= 0.3 is 11.9 Å². The molecule has 0 aromatic heterocycles. The molecule has 0 heterocycles. The summed E-state index contributed by atoms with van der Waals surface area (Å²) in [5.41, 5.74) is 0. The molecule has 0 bridgehead atoms. The van der Waals surface area contributed by atoms with Gasteiger partial charge in [-0.1, -0.05) is 0 Å². The van der Waals surface area contributed by atoms with E-state index in [-0.39, 0.29) is 6.10 Å². The lowest BCUT2D eigenvalue weighted by Gasteiger charge is -2.10.